The van der Waals surface area contributed by atoms with Crippen molar-refractivity contribution in [2.75, 3.05) is 7.11 Å². The number of hydrogen-bond acceptors (Lipinski definition) is 3. The Balaban J connectivity index is 1.92. The Labute approximate surface area is 127 Å². The Bertz CT molecular complexity index is 773. The Morgan fingerprint density at radius 2 is 1.82 bits per heavy atom. The zero-order chi connectivity index (χ0) is 15.5. The van der Waals surface area contributed by atoms with Crippen LogP contribution < -0.4 is 4.74 Å². The summed E-state index contributed by atoms with van der Waals surface area (Å²) in [6.07, 6.45) is 3.09. The minimum atomic E-state index is -0.492. The third-order valence-electron chi connectivity index (χ3n) is 3.32. The van der Waals surface area contributed by atoms with Crippen LogP contribution in [0.4, 0.5) is 4.39 Å². The molecular weight excluding hydrogens is 283 g/mol. The first-order valence-electron chi connectivity index (χ1n) is 6.72. The SMILES string of the molecule is COc1ccc(C2=C/C(=C\c3ccccc3F)C(=O)O2)cc1. The molecule has 0 amide bonds. The third-order valence-corrected chi connectivity index (χ3v) is 3.32. The highest BCUT2D eigenvalue weighted by Crippen LogP contribution is 2.28. The molecule has 22 heavy (non-hydrogen) atoms. The first-order valence-corrected chi connectivity index (χ1v) is 6.72. The predicted molar refractivity (Wildman–Crippen MR) is 81.4 cm³/mol. The summed E-state index contributed by atoms with van der Waals surface area (Å²) in [6, 6.07) is 13.4. The lowest BCUT2D eigenvalue weighted by molar-refractivity contribution is -0.130. The largest absolute Gasteiger partial charge is 0.497 e. The first-order chi connectivity index (χ1) is 10.7. The Hall–Kier alpha value is -2.88. The van der Waals surface area contributed by atoms with Gasteiger partial charge in [-0.15, -0.1) is 0 Å². The van der Waals surface area contributed by atoms with Gasteiger partial charge in [0.05, 0.1) is 12.7 Å². The van der Waals surface area contributed by atoms with E-state index in [0.717, 1.165) is 11.3 Å². The monoisotopic (exact) mass is 296 g/mol. The molecule has 0 radical (unpaired) electrons. The highest BCUT2D eigenvalue weighted by Gasteiger charge is 2.22. The summed E-state index contributed by atoms with van der Waals surface area (Å²) in [5.41, 5.74) is 1.42. The van der Waals surface area contributed by atoms with Crippen molar-refractivity contribution in [3.05, 3.63) is 77.1 Å². The molecule has 0 bridgehead atoms. The van der Waals surface area contributed by atoms with Crippen molar-refractivity contribution in [3.63, 3.8) is 0 Å². The Morgan fingerprint density at radius 3 is 2.50 bits per heavy atom. The molecule has 4 heteroatoms. The van der Waals surface area contributed by atoms with Crippen LogP contribution in [-0.2, 0) is 9.53 Å². The van der Waals surface area contributed by atoms with E-state index in [0.29, 0.717) is 16.9 Å². The van der Waals surface area contributed by atoms with E-state index in [1.807, 2.05) is 0 Å². The lowest BCUT2D eigenvalue weighted by Gasteiger charge is -2.03. The van der Waals surface area contributed by atoms with Gasteiger partial charge in [-0.1, -0.05) is 18.2 Å². The molecule has 0 saturated heterocycles. The van der Waals surface area contributed by atoms with Crippen LogP contribution >= 0.6 is 0 Å². The van der Waals surface area contributed by atoms with Gasteiger partial charge in [0, 0.05) is 11.1 Å². The smallest absolute Gasteiger partial charge is 0.343 e. The molecular formula is C18H13FO3. The number of hydrogen-bond donors (Lipinski definition) is 0. The van der Waals surface area contributed by atoms with Crippen molar-refractivity contribution in [2.45, 2.75) is 0 Å². The van der Waals surface area contributed by atoms with Crippen LogP contribution in [0.15, 0.2) is 60.2 Å². The lowest BCUT2D eigenvalue weighted by Crippen LogP contribution is -1.97. The zero-order valence-electron chi connectivity index (χ0n) is 11.9. The van der Waals surface area contributed by atoms with E-state index in [2.05, 4.69) is 0 Å². The summed E-state index contributed by atoms with van der Waals surface area (Å²) in [4.78, 5) is 11.9. The van der Waals surface area contributed by atoms with Crippen molar-refractivity contribution < 1.29 is 18.7 Å². The molecule has 110 valence electrons. The molecule has 0 atom stereocenters. The molecule has 3 nitrogen and oxygen atoms in total. The number of cyclic esters (lactones) is 1. The van der Waals surface area contributed by atoms with E-state index in [-0.39, 0.29) is 5.82 Å². The number of ether oxygens (including phenoxy) is 2. The fourth-order valence-corrected chi connectivity index (χ4v) is 2.15. The quantitative estimate of drug-likeness (QED) is 0.638. The van der Waals surface area contributed by atoms with Gasteiger partial charge in [0.25, 0.3) is 0 Å². The van der Waals surface area contributed by atoms with Gasteiger partial charge in [0.2, 0.25) is 0 Å². The second-order valence-corrected chi connectivity index (χ2v) is 4.75. The number of methoxy groups -OCH3 is 1. The topological polar surface area (TPSA) is 35.5 Å². The normalized spacial score (nSPS) is 15.6. The Kier molecular flexibility index (Phi) is 3.74. The maximum Gasteiger partial charge on any atom is 0.343 e. The van der Waals surface area contributed by atoms with Gasteiger partial charge in [0.15, 0.2) is 0 Å². The highest BCUT2D eigenvalue weighted by atomic mass is 19.1. The molecule has 0 saturated carbocycles. The van der Waals surface area contributed by atoms with Crippen molar-refractivity contribution in [3.8, 4) is 5.75 Å². The van der Waals surface area contributed by atoms with Crippen LogP contribution in [-0.4, -0.2) is 13.1 Å². The van der Waals surface area contributed by atoms with Crippen molar-refractivity contribution in [1.82, 2.24) is 0 Å². The number of carbonyl (C=O) groups excluding carboxylic acids is 1. The van der Waals surface area contributed by atoms with E-state index in [1.165, 1.54) is 12.1 Å². The van der Waals surface area contributed by atoms with Gasteiger partial charge in [-0.25, -0.2) is 9.18 Å². The van der Waals surface area contributed by atoms with Crippen LogP contribution in [0.3, 0.4) is 0 Å². The second kappa shape index (κ2) is 5.85. The average Bonchev–Trinajstić information content (AvgIpc) is 2.91. The molecule has 0 aliphatic carbocycles. The number of benzene rings is 2. The molecule has 1 aliphatic rings. The summed E-state index contributed by atoms with van der Waals surface area (Å²) < 4.78 is 24.0. The first kappa shape index (κ1) is 14.1. The molecule has 0 fully saturated rings. The minimum absolute atomic E-state index is 0.316. The molecule has 1 heterocycles. The molecule has 2 aromatic rings. The minimum Gasteiger partial charge on any atom is -0.497 e. The molecule has 3 rings (SSSR count). The highest BCUT2D eigenvalue weighted by molar-refractivity contribution is 6.05. The fraction of sp³-hybridized carbons (Fsp3) is 0.0556. The van der Waals surface area contributed by atoms with Gasteiger partial charge < -0.3 is 9.47 Å². The summed E-state index contributed by atoms with van der Waals surface area (Å²) >= 11 is 0. The van der Waals surface area contributed by atoms with Gasteiger partial charge >= 0.3 is 5.97 Å². The van der Waals surface area contributed by atoms with E-state index < -0.39 is 5.97 Å². The summed E-state index contributed by atoms with van der Waals surface area (Å²) in [5, 5.41) is 0. The van der Waals surface area contributed by atoms with Crippen molar-refractivity contribution >= 4 is 17.8 Å². The summed E-state index contributed by atoms with van der Waals surface area (Å²) in [7, 11) is 1.58. The lowest BCUT2D eigenvalue weighted by atomic mass is 10.1. The van der Waals surface area contributed by atoms with Crippen LogP contribution in [0.2, 0.25) is 0 Å². The zero-order valence-corrected chi connectivity index (χ0v) is 11.9. The van der Waals surface area contributed by atoms with Crippen LogP contribution in [0.25, 0.3) is 11.8 Å². The van der Waals surface area contributed by atoms with Crippen molar-refractivity contribution in [1.29, 1.82) is 0 Å². The predicted octanol–water partition coefficient (Wildman–Crippen LogP) is 3.82. The van der Waals surface area contributed by atoms with Crippen LogP contribution in [0.1, 0.15) is 11.1 Å². The number of carbonyl (C=O) groups is 1. The summed E-state index contributed by atoms with van der Waals surface area (Å²) in [6.45, 7) is 0. The van der Waals surface area contributed by atoms with E-state index in [9.17, 15) is 9.18 Å². The average molecular weight is 296 g/mol. The second-order valence-electron chi connectivity index (χ2n) is 4.75. The molecule has 0 N–H and O–H groups in total. The van der Waals surface area contributed by atoms with E-state index in [1.54, 1.807) is 55.7 Å². The number of halogens is 1. The molecule has 0 unspecified atom stereocenters. The van der Waals surface area contributed by atoms with Crippen molar-refractivity contribution in [2.24, 2.45) is 0 Å². The van der Waals surface area contributed by atoms with E-state index >= 15 is 0 Å². The maximum atomic E-state index is 13.6. The molecule has 0 aromatic heterocycles. The molecule has 1 aliphatic heterocycles. The summed E-state index contributed by atoms with van der Waals surface area (Å²) in [5.74, 6) is 0.286. The van der Waals surface area contributed by atoms with Gasteiger partial charge in [-0.05, 0) is 42.5 Å². The van der Waals surface area contributed by atoms with Gasteiger partial charge in [-0.2, -0.15) is 0 Å². The third kappa shape index (κ3) is 2.76. The van der Waals surface area contributed by atoms with Crippen LogP contribution in [0, 0.1) is 5.82 Å². The molecule has 0 spiro atoms. The fourth-order valence-electron chi connectivity index (χ4n) is 2.15. The van der Waals surface area contributed by atoms with Gasteiger partial charge in [0.1, 0.15) is 17.3 Å². The maximum absolute atomic E-state index is 13.6. The van der Waals surface area contributed by atoms with E-state index in [4.69, 9.17) is 9.47 Å². The van der Waals surface area contributed by atoms with Gasteiger partial charge in [-0.3, -0.25) is 0 Å². The molecule has 2 aromatic carbocycles. The number of rotatable bonds is 3. The van der Waals surface area contributed by atoms with Crippen LogP contribution in [0.5, 0.6) is 5.75 Å². The number of esters is 1. The standard InChI is InChI=1S/C18H13FO3/c1-21-15-8-6-12(7-9-15)17-11-14(18(20)22-17)10-13-4-2-3-5-16(13)19/h2-11H,1H3/b14-10+. The Morgan fingerprint density at radius 1 is 1.09 bits per heavy atom.